The van der Waals surface area contributed by atoms with Crippen LogP contribution in [0.4, 0.5) is 0 Å². The Kier molecular flexibility index (Phi) is 2.24. The van der Waals surface area contributed by atoms with Crippen molar-refractivity contribution in [2.24, 2.45) is 11.7 Å². The van der Waals surface area contributed by atoms with E-state index in [0.29, 0.717) is 19.4 Å². The molecule has 0 spiro atoms. The summed E-state index contributed by atoms with van der Waals surface area (Å²) >= 11 is 0. The molecule has 0 bridgehead atoms. The second-order valence-electron chi connectivity index (χ2n) is 2.47. The van der Waals surface area contributed by atoms with E-state index in [2.05, 4.69) is 0 Å². The van der Waals surface area contributed by atoms with Crippen LogP contribution in [0.2, 0.25) is 0 Å². The van der Waals surface area contributed by atoms with Gasteiger partial charge in [-0.05, 0) is 6.42 Å². The summed E-state index contributed by atoms with van der Waals surface area (Å²) < 4.78 is 4.97. The zero-order valence-electron chi connectivity index (χ0n) is 5.62. The molecule has 0 amide bonds. The fraction of sp³-hybridized carbons (Fsp3) is 0.833. The molecule has 0 radical (unpaired) electrons. The highest BCUT2D eigenvalue weighted by atomic mass is 16.5. The number of hydrogen-bond acceptors (Lipinski definition) is 3. The zero-order chi connectivity index (χ0) is 7.56. The maximum absolute atomic E-state index is 10.4. The van der Waals surface area contributed by atoms with E-state index < -0.39 is 5.97 Å². The minimum atomic E-state index is -0.765. The summed E-state index contributed by atoms with van der Waals surface area (Å²) in [5.41, 5.74) is 5.38. The van der Waals surface area contributed by atoms with Crippen LogP contribution >= 0.6 is 0 Å². The molecule has 0 aromatic carbocycles. The van der Waals surface area contributed by atoms with Crippen molar-refractivity contribution >= 4 is 5.97 Å². The average molecular weight is 145 g/mol. The fourth-order valence-electron chi connectivity index (χ4n) is 1.05. The smallest absolute Gasteiger partial charge is 0.306 e. The van der Waals surface area contributed by atoms with Crippen molar-refractivity contribution in [1.82, 2.24) is 0 Å². The number of ether oxygens (including phenoxy) is 1. The Bertz CT molecular complexity index is 137. The van der Waals surface area contributed by atoms with Crippen molar-refractivity contribution in [2.45, 2.75) is 19.1 Å². The molecule has 1 heterocycles. The monoisotopic (exact) mass is 145 g/mol. The molecule has 58 valence electrons. The maximum atomic E-state index is 10.4. The van der Waals surface area contributed by atoms with Gasteiger partial charge in [-0.3, -0.25) is 4.79 Å². The Morgan fingerprint density at radius 1 is 1.70 bits per heavy atom. The first-order valence-corrected chi connectivity index (χ1v) is 3.30. The summed E-state index contributed by atoms with van der Waals surface area (Å²) in [6.07, 6.45) is 0.646. The Labute approximate surface area is 59.0 Å². The van der Waals surface area contributed by atoms with Crippen LogP contribution in [0.1, 0.15) is 12.8 Å². The van der Waals surface area contributed by atoms with E-state index in [9.17, 15) is 4.79 Å². The highest BCUT2D eigenvalue weighted by Crippen LogP contribution is 2.16. The summed E-state index contributed by atoms with van der Waals surface area (Å²) in [4.78, 5) is 10.4. The highest BCUT2D eigenvalue weighted by Gasteiger charge is 2.24. The molecule has 10 heavy (non-hydrogen) atoms. The molecule has 0 aromatic heterocycles. The number of carboxylic acid groups (broad SMARTS) is 1. The van der Waals surface area contributed by atoms with E-state index in [0.717, 1.165) is 0 Å². The second kappa shape index (κ2) is 2.98. The third-order valence-corrected chi connectivity index (χ3v) is 1.66. The molecule has 2 atom stereocenters. The molecule has 4 heteroatoms. The van der Waals surface area contributed by atoms with Gasteiger partial charge in [-0.2, -0.15) is 0 Å². The number of nitrogens with two attached hydrogens (primary N) is 1. The van der Waals surface area contributed by atoms with Gasteiger partial charge in [0, 0.05) is 13.0 Å². The zero-order valence-corrected chi connectivity index (χ0v) is 5.62. The lowest BCUT2D eigenvalue weighted by Gasteiger charge is -2.23. The molecule has 0 aliphatic carbocycles. The largest absolute Gasteiger partial charge is 0.481 e. The Morgan fingerprint density at radius 2 is 2.40 bits per heavy atom. The van der Waals surface area contributed by atoms with Gasteiger partial charge in [0.25, 0.3) is 0 Å². The lowest BCUT2D eigenvalue weighted by atomic mass is 9.99. The molecule has 4 nitrogen and oxygen atoms in total. The normalized spacial score (nSPS) is 33.7. The Morgan fingerprint density at radius 3 is 2.80 bits per heavy atom. The van der Waals surface area contributed by atoms with Gasteiger partial charge in [-0.1, -0.05) is 0 Å². The lowest BCUT2D eigenvalue weighted by molar-refractivity contribution is -0.146. The maximum Gasteiger partial charge on any atom is 0.306 e. The van der Waals surface area contributed by atoms with Crippen LogP contribution in [0.25, 0.3) is 0 Å². The van der Waals surface area contributed by atoms with E-state index in [1.54, 1.807) is 0 Å². The van der Waals surface area contributed by atoms with Gasteiger partial charge in [-0.25, -0.2) is 0 Å². The molecular formula is C6H11NO3. The molecule has 1 fully saturated rings. The van der Waals surface area contributed by atoms with Gasteiger partial charge < -0.3 is 15.6 Å². The first-order valence-electron chi connectivity index (χ1n) is 3.30. The van der Waals surface area contributed by atoms with Crippen LogP contribution in [0, 0.1) is 5.92 Å². The van der Waals surface area contributed by atoms with Crippen molar-refractivity contribution in [3.63, 3.8) is 0 Å². The van der Waals surface area contributed by atoms with Gasteiger partial charge in [0.2, 0.25) is 0 Å². The van der Waals surface area contributed by atoms with Crippen LogP contribution in [-0.4, -0.2) is 23.9 Å². The second-order valence-corrected chi connectivity index (χ2v) is 2.47. The van der Waals surface area contributed by atoms with Crippen molar-refractivity contribution in [2.75, 3.05) is 6.61 Å². The van der Waals surface area contributed by atoms with Crippen molar-refractivity contribution in [3.05, 3.63) is 0 Å². The number of rotatable bonds is 1. The summed E-state index contributed by atoms with van der Waals surface area (Å²) in [5.74, 6) is -1.07. The Hall–Kier alpha value is -0.610. The number of hydrogen-bond donors (Lipinski definition) is 2. The van der Waals surface area contributed by atoms with Gasteiger partial charge >= 0.3 is 5.97 Å². The van der Waals surface area contributed by atoms with E-state index >= 15 is 0 Å². The third-order valence-electron chi connectivity index (χ3n) is 1.66. The van der Waals surface area contributed by atoms with E-state index in [-0.39, 0.29) is 12.1 Å². The molecule has 1 aliphatic heterocycles. The topological polar surface area (TPSA) is 72.6 Å². The SMILES string of the molecule is NC1CC(C(=O)O)CCO1. The van der Waals surface area contributed by atoms with Gasteiger partial charge in [-0.15, -0.1) is 0 Å². The van der Waals surface area contributed by atoms with Gasteiger partial charge in [0.05, 0.1) is 5.92 Å². The van der Waals surface area contributed by atoms with Gasteiger partial charge in [0.15, 0.2) is 0 Å². The molecule has 1 aliphatic rings. The molecule has 1 rings (SSSR count). The minimum absolute atomic E-state index is 0.302. The summed E-state index contributed by atoms with van der Waals surface area (Å²) in [5, 5.41) is 8.54. The van der Waals surface area contributed by atoms with Crippen LogP contribution in [-0.2, 0) is 9.53 Å². The van der Waals surface area contributed by atoms with Crippen LogP contribution in [0.5, 0.6) is 0 Å². The quantitative estimate of drug-likeness (QED) is 0.535. The first-order chi connectivity index (χ1) is 4.70. The summed E-state index contributed by atoms with van der Waals surface area (Å²) in [6.45, 7) is 0.470. The predicted octanol–water partition coefficient (Wildman–Crippen LogP) is -0.218. The molecular weight excluding hydrogens is 134 g/mol. The predicted molar refractivity (Wildman–Crippen MR) is 34.3 cm³/mol. The van der Waals surface area contributed by atoms with Gasteiger partial charge in [0.1, 0.15) is 6.23 Å². The van der Waals surface area contributed by atoms with E-state index in [1.165, 1.54) is 0 Å². The molecule has 1 saturated heterocycles. The lowest BCUT2D eigenvalue weighted by Crippen LogP contribution is -2.35. The summed E-state index contributed by atoms with van der Waals surface area (Å²) in [6, 6.07) is 0. The van der Waals surface area contributed by atoms with Crippen molar-refractivity contribution < 1.29 is 14.6 Å². The van der Waals surface area contributed by atoms with E-state index in [4.69, 9.17) is 15.6 Å². The number of carboxylic acids is 1. The third kappa shape index (κ3) is 1.68. The number of aliphatic carboxylic acids is 1. The standard InChI is InChI=1S/C6H11NO3/c7-5-3-4(6(8)9)1-2-10-5/h4-5H,1-3,7H2,(H,8,9). The number of carbonyl (C=O) groups is 1. The van der Waals surface area contributed by atoms with Crippen LogP contribution < -0.4 is 5.73 Å². The first kappa shape index (κ1) is 7.50. The van der Waals surface area contributed by atoms with Crippen LogP contribution in [0.3, 0.4) is 0 Å². The molecule has 0 saturated carbocycles. The molecule has 2 unspecified atom stereocenters. The van der Waals surface area contributed by atoms with Crippen LogP contribution in [0.15, 0.2) is 0 Å². The fourth-order valence-corrected chi connectivity index (χ4v) is 1.05. The molecule has 0 aromatic rings. The van der Waals surface area contributed by atoms with Crippen molar-refractivity contribution in [3.8, 4) is 0 Å². The van der Waals surface area contributed by atoms with E-state index in [1.807, 2.05) is 0 Å². The average Bonchev–Trinajstić information content (AvgIpc) is 1.88. The highest BCUT2D eigenvalue weighted by molar-refractivity contribution is 5.70. The summed E-state index contributed by atoms with van der Waals surface area (Å²) in [7, 11) is 0. The Balaban J connectivity index is 2.39. The van der Waals surface area contributed by atoms with Crippen molar-refractivity contribution in [1.29, 1.82) is 0 Å². The minimum Gasteiger partial charge on any atom is -0.481 e. The molecule has 3 N–H and O–H groups in total.